The van der Waals surface area contributed by atoms with Gasteiger partial charge in [0.15, 0.2) is 5.11 Å². The van der Waals surface area contributed by atoms with Gasteiger partial charge in [-0.3, -0.25) is 15.6 Å². The highest BCUT2D eigenvalue weighted by Gasteiger charge is 2.36. The van der Waals surface area contributed by atoms with Crippen LogP contribution in [0.4, 0.5) is 14.6 Å². The average molecular weight is 480 g/mol. The molecule has 1 aromatic heterocycles. The Hall–Kier alpha value is -2.79. The number of carbonyl (C=O) groups is 1. The normalized spacial score (nSPS) is 17.4. The van der Waals surface area contributed by atoms with Crippen LogP contribution in [-0.4, -0.2) is 58.3 Å². The number of nitrogens with one attached hydrogen (secondary N) is 4. The molecule has 1 aliphatic rings. The van der Waals surface area contributed by atoms with E-state index >= 15 is 0 Å². The third kappa shape index (κ3) is 6.38. The lowest BCUT2D eigenvalue weighted by Gasteiger charge is -2.32. The molecule has 180 valence electrons. The van der Waals surface area contributed by atoms with Crippen LogP contribution >= 0.6 is 12.2 Å². The predicted molar refractivity (Wildman–Crippen MR) is 128 cm³/mol. The zero-order valence-electron chi connectivity index (χ0n) is 18.9. The van der Waals surface area contributed by atoms with Gasteiger partial charge in [-0.25, -0.2) is 13.5 Å². The van der Waals surface area contributed by atoms with Crippen molar-refractivity contribution >= 4 is 29.1 Å². The van der Waals surface area contributed by atoms with Crippen LogP contribution < -0.4 is 21.5 Å². The molecule has 0 bridgehead atoms. The van der Waals surface area contributed by atoms with E-state index in [2.05, 4.69) is 45.3 Å². The SMILES string of the molecule is CCN(CC)CCCNC(=S)NNC(=O)c1cnn2c1N[C@@H](c1ccccc1)C[C@@H]2C(F)F. The van der Waals surface area contributed by atoms with Gasteiger partial charge < -0.3 is 15.5 Å². The standard InChI is InChI=1S/C22H31F2N7OS/c1-3-30(4-2)12-8-11-25-22(33)29-28-21(32)16-14-26-31-18(19(23)24)13-17(27-20(16)31)15-9-6-5-7-10-15/h5-7,9-10,14,17-19,27H,3-4,8,11-13H2,1-2H3,(H,28,32)(H2,25,29,33)/t17-,18-/m1/s1. The van der Waals surface area contributed by atoms with Crippen LogP contribution in [0, 0.1) is 0 Å². The molecule has 0 aliphatic carbocycles. The van der Waals surface area contributed by atoms with Crippen molar-refractivity contribution in [2.24, 2.45) is 0 Å². The van der Waals surface area contributed by atoms with Gasteiger partial charge in [0, 0.05) is 6.54 Å². The molecule has 0 radical (unpaired) electrons. The van der Waals surface area contributed by atoms with Crippen molar-refractivity contribution < 1.29 is 13.6 Å². The summed E-state index contributed by atoms with van der Waals surface area (Å²) in [6.45, 7) is 7.85. The van der Waals surface area contributed by atoms with Crippen LogP contribution in [-0.2, 0) is 0 Å². The van der Waals surface area contributed by atoms with Gasteiger partial charge in [-0.1, -0.05) is 44.2 Å². The second-order valence-corrected chi connectivity index (χ2v) is 8.22. The molecule has 0 saturated heterocycles. The minimum Gasteiger partial charge on any atom is -0.363 e. The molecule has 0 fully saturated rings. The Morgan fingerprint density at radius 1 is 1.27 bits per heavy atom. The molecule has 8 nitrogen and oxygen atoms in total. The van der Waals surface area contributed by atoms with Gasteiger partial charge in [0.1, 0.15) is 17.4 Å². The molecule has 3 rings (SSSR count). The summed E-state index contributed by atoms with van der Waals surface area (Å²) in [6.07, 6.45) is -0.243. The minimum atomic E-state index is -2.61. The van der Waals surface area contributed by atoms with E-state index in [1.807, 2.05) is 30.3 Å². The number of aromatic nitrogens is 2. The summed E-state index contributed by atoms with van der Waals surface area (Å²) < 4.78 is 28.7. The van der Waals surface area contributed by atoms with E-state index in [1.54, 1.807) is 0 Å². The summed E-state index contributed by atoms with van der Waals surface area (Å²) in [5.41, 5.74) is 6.22. The fourth-order valence-corrected chi connectivity index (χ4v) is 4.03. The topological polar surface area (TPSA) is 86.2 Å². The maximum Gasteiger partial charge on any atom is 0.275 e. The number of amides is 1. The fourth-order valence-electron chi connectivity index (χ4n) is 3.87. The highest BCUT2D eigenvalue weighted by atomic mass is 32.1. The summed E-state index contributed by atoms with van der Waals surface area (Å²) in [5, 5.41) is 10.6. The lowest BCUT2D eigenvalue weighted by molar-refractivity contribution is 0.0656. The summed E-state index contributed by atoms with van der Waals surface area (Å²) in [5.74, 6) is -0.254. The molecule has 1 aromatic carbocycles. The van der Waals surface area contributed by atoms with Crippen molar-refractivity contribution in [2.45, 2.75) is 45.2 Å². The predicted octanol–water partition coefficient (Wildman–Crippen LogP) is 3.09. The molecule has 0 saturated carbocycles. The van der Waals surface area contributed by atoms with Gasteiger partial charge in [0.2, 0.25) is 0 Å². The average Bonchev–Trinajstić information content (AvgIpc) is 3.26. The number of benzene rings is 1. The molecule has 2 heterocycles. The van der Waals surface area contributed by atoms with Gasteiger partial charge in [-0.15, -0.1) is 0 Å². The van der Waals surface area contributed by atoms with Crippen LogP contribution in [0.5, 0.6) is 0 Å². The van der Waals surface area contributed by atoms with Crippen LogP contribution in [0.3, 0.4) is 0 Å². The molecule has 2 aromatic rings. The summed E-state index contributed by atoms with van der Waals surface area (Å²) >= 11 is 5.21. The third-order valence-electron chi connectivity index (χ3n) is 5.76. The number of thiocarbonyl (C=S) groups is 1. The number of fused-ring (bicyclic) bond motifs is 1. The second kappa shape index (κ2) is 11.9. The first-order valence-corrected chi connectivity index (χ1v) is 11.6. The quantitative estimate of drug-likeness (QED) is 0.250. The van der Waals surface area contributed by atoms with Crippen LogP contribution in [0.2, 0.25) is 0 Å². The Labute approximate surface area is 198 Å². The third-order valence-corrected chi connectivity index (χ3v) is 6.00. The zero-order valence-corrected chi connectivity index (χ0v) is 19.7. The highest BCUT2D eigenvalue weighted by molar-refractivity contribution is 7.80. The van der Waals surface area contributed by atoms with E-state index in [1.165, 1.54) is 10.9 Å². The maximum absolute atomic E-state index is 13.8. The molecule has 0 unspecified atom stereocenters. The van der Waals surface area contributed by atoms with Gasteiger partial charge in [0.25, 0.3) is 12.3 Å². The van der Waals surface area contributed by atoms with Crippen LogP contribution in [0.15, 0.2) is 36.5 Å². The smallest absolute Gasteiger partial charge is 0.275 e. The number of carbonyl (C=O) groups excluding carboxylic acids is 1. The van der Waals surface area contributed by atoms with Crippen molar-refractivity contribution in [1.82, 2.24) is 30.8 Å². The Morgan fingerprint density at radius 3 is 2.67 bits per heavy atom. The van der Waals surface area contributed by atoms with E-state index in [4.69, 9.17) is 12.2 Å². The Morgan fingerprint density at radius 2 is 2.00 bits per heavy atom. The van der Waals surface area contributed by atoms with E-state index in [9.17, 15) is 13.6 Å². The number of rotatable bonds is 9. The van der Waals surface area contributed by atoms with Crippen molar-refractivity contribution in [3.63, 3.8) is 0 Å². The second-order valence-electron chi connectivity index (χ2n) is 7.81. The van der Waals surface area contributed by atoms with E-state index in [0.717, 1.165) is 31.6 Å². The van der Waals surface area contributed by atoms with Crippen molar-refractivity contribution in [3.8, 4) is 0 Å². The van der Waals surface area contributed by atoms with E-state index in [0.29, 0.717) is 6.54 Å². The number of halogens is 2. The Balaban J connectivity index is 1.59. The largest absolute Gasteiger partial charge is 0.363 e. The fraction of sp³-hybridized carbons (Fsp3) is 0.500. The Kier molecular flexibility index (Phi) is 8.95. The summed E-state index contributed by atoms with van der Waals surface area (Å²) in [6, 6.07) is 7.83. The Bertz CT molecular complexity index is 921. The lowest BCUT2D eigenvalue weighted by Crippen LogP contribution is -2.47. The van der Waals surface area contributed by atoms with Crippen molar-refractivity contribution in [2.75, 3.05) is 31.5 Å². The number of alkyl halides is 2. The van der Waals surface area contributed by atoms with Gasteiger partial charge in [-0.05, 0) is 50.3 Å². The van der Waals surface area contributed by atoms with Crippen LogP contribution in [0.25, 0.3) is 0 Å². The monoisotopic (exact) mass is 479 g/mol. The van der Waals surface area contributed by atoms with Crippen molar-refractivity contribution in [3.05, 3.63) is 47.7 Å². The minimum absolute atomic E-state index is 0.164. The van der Waals surface area contributed by atoms with Gasteiger partial charge >= 0.3 is 0 Å². The lowest BCUT2D eigenvalue weighted by atomic mass is 9.97. The summed E-state index contributed by atoms with van der Waals surface area (Å²) in [4.78, 5) is 15.1. The van der Waals surface area contributed by atoms with E-state index in [-0.39, 0.29) is 29.0 Å². The molecular weight excluding hydrogens is 448 g/mol. The van der Waals surface area contributed by atoms with Crippen molar-refractivity contribution in [1.29, 1.82) is 0 Å². The molecule has 1 amide bonds. The first kappa shape index (κ1) is 24.8. The summed E-state index contributed by atoms with van der Waals surface area (Å²) in [7, 11) is 0. The zero-order chi connectivity index (χ0) is 23.8. The number of nitrogens with zero attached hydrogens (tertiary/aromatic N) is 3. The first-order valence-electron chi connectivity index (χ1n) is 11.2. The van der Waals surface area contributed by atoms with Crippen LogP contribution in [0.1, 0.15) is 54.7 Å². The number of hydrogen-bond acceptors (Lipinski definition) is 5. The van der Waals surface area contributed by atoms with Gasteiger partial charge in [-0.2, -0.15) is 5.10 Å². The molecule has 1 aliphatic heterocycles. The number of hydrazine groups is 1. The molecular formula is C22H31F2N7OS. The first-order chi connectivity index (χ1) is 15.9. The molecule has 11 heteroatoms. The molecule has 4 N–H and O–H groups in total. The number of anilines is 1. The molecule has 0 spiro atoms. The maximum atomic E-state index is 13.8. The highest BCUT2D eigenvalue weighted by Crippen LogP contribution is 2.39. The van der Waals surface area contributed by atoms with Gasteiger partial charge in [0.05, 0.1) is 12.2 Å². The van der Waals surface area contributed by atoms with E-state index < -0.39 is 18.4 Å². The molecule has 2 atom stereocenters. The number of hydrogen-bond donors (Lipinski definition) is 4. The molecule has 33 heavy (non-hydrogen) atoms.